The van der Waals surface area contributed by atoms with E-state index in [1.165, 1.54) is 0 Å². The van der Waals surface area contributed by atoms with Crippen molar-refractivity contribution < 1.29 is 24.2 Å². The number of rotatable bonds is 5. The normalized spacial score (nSPS) is 23.3. The lowest BCUT2D eigenvalue weighted by Gasteiger charge is -2.13. The summed E-state index contributed by atoms with van der Waals surface area (Å²) in [6, 6.07) is 6.85. The third-order valence-electron chi connectivity index (χ3n) is 3.93. The first-order valence-corrected chi connectivity index (χ1v) is 7.63. The molecule has 2 aliphatic rings. The van der Waals surface area contributed by atoms with Gasteiger partial charge in [0.1, 0.15) is 6.10 Å². The molecule has 0 bridgehead atoms. The summed E-state index contributed by atoms with van der Waals surface area (Å²) in [5.41, 5.74) is 1.15. The van der Waals surface area contributed by atoms with Gasteiger partial charge >= 0.3 is 5.97 Å². The van der Waals surface area contributed by atoms with Gasteiger partial charge in [-0.05, 0) is 43.9 Å². The van der Waals surface area contributed by atoms with Crippen LogP contribution in [0.2, 0.25) is 0 Å². The molecule has 1 heterocycles. The molecule has 2 atom stereocenters. The molecule has 0 spiro atoms. The quantitative estimate of drug-likeness (QED) is 0.765. The Balaban J connectivity index is 1.58. The third-order valence-corrected chi connectivity index (χ3v) is 3.93. The van der Waals surface area contributed by atoms with E-state index in [4.69, 9.17) is 9.84 Å². The molecule has 2 fully saturated rings. The minimum Gasteiger partial charge on any atom is -0.479 e. The van der Waals surface area contributed by atoms with Crippen LogP contribution >= 0.6 is 0 Å². The van der Waals surface area contributed by atoms with Gasteiger partial charge in [0, 0.05) is 17.3 Å². The average Bonchev–Trinajstić information content (AvgIpc) is 3.24. The Labute approximate surface area is 133 Å². The molecule has 23 heavy (non-hydrogen) atoms. The molecule has 3 N–H and O–H groups in total. The summed E-state index contributed by atoms with van der Waals surface area (Å²) in [4.78, 5) is 34.7. The summed E-state index contributed by atoms with van der Waals surface area (Å²) in [7, 11) is 0. The first-order valence-electron chi connectivity index (χ1n) is 7.63. The zero-order chi connectivity index (χ0) is 16.4. The van der Waals surface area contributed by atoms with E-state index in [0.29, 0.717) is 24.2 Å². The molecule has 1 aromatic rings. The number of aliphatic carboxylic acids is 1. The van der Waals surface area contributed by atoms with E-state index in [-0.39, 0.29) is 17.7 Å². The predicted molar refractivity (Wildman–Crippen MR) is 82.0 cm³/mol. The highest BCUT2D eigenvalue weighted by Gasteiger charge is 2.34. The summed E-state index contributed by atoms with van der Waals surface area (Å²) in [5.74, 6) is -1.32. The average molecular weight is 318 g/mol. The molecule has 1 aliphatic heterocycles. The number of nitrogens with one attached hydrogen (secondary N) is 2. The highest BCUT2D eigenvalue weighted by Crippen LogP contribution is 2.30. The molecule has 2 amide bonds. The highest BCUT2D eigenvalue weighted by molar-refractivity contribution is 5.97. The van der Waals surface area contributed by atoms with Crippen molar-refractivity contribution in [2.24, 2.45) is 5.92 Å². The maximum atomic E-state index is 12.1. The van der Waals surface area contributed by atoms with Gasteiger partial charge in [-0.15, -0.1) is 0 Å². The largest absolute Gasteiger partial charge is 0.479 e. The molecule has 122 valence electrons. The Bertz CT molecular complexity index is 641. The molecule has 1 saturated heterocycles. The smallest absolute Gasteiger partial charge is 0.332 e. The van der Waals surface area contributed by atoms with Crippen LogP contribution in [0.15, 0.2) is 24.3 Å². The second-order valence-corrected chi connectivity index (χ2v) is 5.86. The standard InChI is InChI=1S/C16H18N2O5/c19-14(9-4-5-9)17-10-2-1-3-11(8-10)18-15(20)12-6-7-13(23-12)16(21)22/h1-3,8-9,12-13H,4-7H2,(H,17,19)(H,18,20)(H,21,22)/t12-,13+/m0/s1. The Kier molecular flexibility index (Phi) is 4.29. The first-order chi connectivity index (χ1) is 11.0. The lowest BCUT2D eigenvalue weighted by atomic mass is 10.2. The molecule has 7 nitrogen and oxygen atoms in total. The van der Waals surface area contributed by atoms with Gasteiger partial charge in [0.25, 0.3) is 5.91 Å². The number of amides is 2. The van der Waals surface area contributed by atoms with Crippen molar-refractivity contribution in [1.29, 1.82) is 0 Å². The number of carboxylic acid groups (broad SMARTS) is 1. The molecule has 0 unspecified atom stereocenters. The van der Waals surface area contributed by atoms with E-state index in [1.807, 2.05) is 0 Å². The topological polar surface area (TPSA) is 105 Å². The van der Waals surface area contributed by atoms with Crippen molar-refractivity contribution in [2.45, 2.75) is 37.9 Å². The minimum absolute atomic E-state index is 0.00287. The number of hydrogen-bond acceptors (Lipinski definition) is 4. The molecule has 1 aromatic carbocycles. The lowest BCUT2D eigenvalue weighted by molar-refractivity contribution is -0.150. The van der Waals surface area contributed by atoms with Gasteiger partial charge < -0.3 is 20.5 Å². The fraction of sp³-hybridized carbons (Fsp3) is 0.438. The highest BCUT2D eigenvalue weighted by atomic mass is 16.5. The van der Waals surface area contributed by atoms with E-state index >= 15 is 0 Å². The number of hydrogen-bond donors (Lipinski definition) is 3. The Hall–Kier alpha value is -2.41. The molecule has 0 aromatic heterocycles. The van der Waals surface area contributed by atoms with Crippen molar-refractivity contribution in [3.8, 4) is 0 Å². The number of benzene rings is 1. The Morgan fingerprint density at radius 1 is 0.957 bits per heavy atom. The maximum absolute atomic E-state index is 12.1. The van der Waals surface area contributed by atoms with Crippen molar-refractivity contribution >= 4 is 29.2 Å². The van der Waals surface area contributed by atoms with Crippen LogP contribution in [0.25, 0.3) is 0 Å². The summed E-state index contributed by atoms with van der Waals surface area (Å²) < 4.78 is 5.21. The summed E-state index contributed by atoms with van der Waals surface area (Å²) in [5, 5.41) is 14.4. The number of carbonyl (C=O) groups excluding carboxylic acids is 2. The number of carbonyl (C=O) groups is 3. The minimum atomic E-state index is -1.05. The number of carboxylic acids is 1. The van der Waals surface area contributed by atoms with Gasteiger partial charge in [-0.1, -0.05) is 6.07 Å². The summed E-state index contributed by atoms with van der Waals surface area (Å²) in [6.07, 6.45) is 0.861. The molecule has 1 aliphatic carbocycles. The second-order valence-electron chi connectivity index (χ2n) is 5.86. The van der Waals surface area contributed by atoms with E-state index in [2.05, 4.69) is 10.6 Å². The first kappa shape index (κ1) is 15.5. The van der Waals surface area contributed by atoms with Crippen LogP contribution in [0.4, 0.5) is 11.4 Å². The SMILES string of the molecule is O=C(Nc1cccc(NC(=O)[C@@H]2CC[C@H](C(=O)O)O2)c1)C1CC1. The van der Waals surface area contributed by atoms with Crippen molar-refractivity contribution in [3.63, 3.8) is 0 Å². The third kappa shape index (κ3) is 3.87. The van der Waals surface area contributed by atoms with Crippen LogP contribution in [-0.2, 0) is 19.1 Å². The maximum Gasteiger partial charge on any atom is 0.332 e. The molecular formula is C16H18N2O5. The Morgan fingerprint density at radius 3 is 2.13 bits per heavy atom. The fourth-order valence-electron chi connectivity index (χ4n) is 2.50. The second kappa shape index (κ2) is 6.37. The van der Waals surface area contributed by atoms with Crippen LogP contribution in [0, 0.1) is 5.92 Å². The molecule has 7 heteroatoms. The van der Waals surface area contributed by atoms with Crippen molar-refractivity contribution in [1.82, 2.24) is 0 Å². The van der Waals surface area contributed by atoms with Crippen LogP contribution in [-0.4, -0.2) is 35.1 Å². The van der Waals surface area contributed by atoms with Gasteiger partial charge in [-0.3, -0.25) is 9.59 Å². The molecule has 3 rings (SSSR count). The molecular weight excluding hydrogens is 300 g/mol. The van der Waals surface area contributed by atoms with Crippen LogP contribution in [0.1, 0.15) is 25.7 Å². The predicted octanol–water partition coefficient (Wildman–Crippen LogP) is 1.61. The fourth-order valence-corrected chi connectivity index (χ4v) is 2.50. The lowest BCUT2D eigenvalue weighted by Crippen LogP contribution is -2.29. The van der Waals surface area contributed by atoms with Crippen LogP contribution in [0.5, 0.6) is 0 Å². The van der Waals surface area contributed by atoms with Gasteiger partial charge in [-0.25, -0.2) is 4.79 Å². The van der Waals surface area contributed by atoms with Gasteiger partial charge in [0.15, 0.2) is 6.10 Å². The monoisotopic (exact) mass is 318 g/mol. The van der Waals surface area contributed by atoms with Gasteiger partial charge in [0.05, 0.1) is 0 Å². The number of anilines is 2. The van der Waals surface area contributed by atoms with Gasteiger partial charge in [0.2, 0.25) is 5.91 Å². The molecule has 0 radical (unpaired) electrons. The summed E-state index contributed by atoms with van der Waals surface area (Å²) in [6.45, 7) is 0. The molecule has 1 saturated carbocycles. The van der Waals surface area contributed by atoms with Gasteiger partial charge in [-0.2, -0.15) is 0 Å². The van der Waals surface area contributed by atoms with Crippen LogP contribution < -0.4 is 10.6 Å². The van der Waals surface area contributed by atoms with E-state index < -0.39 is 18.2 Å². The van der Waals surface area contributed by atoms with Crippen molar-refractivity contribution in [2.75, 3.05) is 10.6 Å². The number of ether oxygens (including phenoxy) is 1. The van der Waals surface area contributed by atoms with E-state index in [0.717, 1.165) is 12.8 Å². The van der Waals surface area contributed by atoms with E-state index in [9.17, 15) is 14.4 Å². The van der Waals surface area contributed by atoms with Crippen molar-refractivity contribution in [3.05, 3.63) is 24.3 Å². The zero-order valence-electron chi connectivity index (χ0n) is 12.5. The van der Waals surface area contributed by atoms with Crippen LogP contribution in [0.3, 0.4) is 0 Å². The Morgan fingerprint density at radius 2 is 1.57 bits per heavy atom. The summed E-state index contributed by atoms with van der Waals surface area (Å²) >= 11 is 0. The van der Waals surface area contributed by atoms with E-state index in [1.54, 1.807) is 24.3 Å². The zero-order valence-corrected chi connectivity index (χ0v) is 12.5.